The first-order valence-electron chi connectivity index (χ1n) is 9.10. The van der Waals surface area contributed by atoms with Gasteiger partial charge < -0.3 is 9.64 Å². The quantitative estimate of drug-likeness (QED) is 0.781. The molecule has 2 heterocycles. The topological polar surface area (TPSA) is 46.6 Å². The lowest BCUT2D eigenvalue weighted by atomic mass is 9.76. The van der Waals surface area contributed by atoms with Crippen LogP contribution in [-0.2, 0) is 16.1 Å². The minimum absolute atomic E-state index is 0.0364. The Balaban J connectivity index is 1.61. The van der Waals surface area contributed by atoms with E-state index < -0.39 is 0 Å². The van der Waals surface area contributed by atoms with Gasteiger partial charge >= 0.3 is 6.09 Å². The molecule has 1 amide bonds. The number of hydrogen-bond acceptors (Lipinski definition) is 3. The van der Waals surface area contributed by atoms with Gasteiger partial charge in [0.05, 0.1) is 6.42 Å². The number of fused-ring (bicyclic) bond motifs is 2. The molecule has 0 N–H and O–H groups in total. The second-order valence-electron chi connectivity index (χ2n) is 6.92. The monoisotopic (exact) mass is 339 g/mol. The fourth-order valence-corrected chi connectivity index (χ4v) is 4.06. The molecular weight excluding hydrogens is 314 g/mol. The van der Waals surface area contributed by atoms with Crippen LogP contribution in [0.3, 0.4) is 0 Å². The molecule has 0 radical (unpaired) electrons. The van der Waals surface area contributed by atoms with Gasteiger partial charge in [-0.2, -0.15) is 0 Å². The van der Waals surface area contributed by atoms with E-state index in [0.29, 0.717) is 13.0 Å². The molecule has 0 aliphatic carbocycles. The van der Waals surface area contributed by atoms with Crippen LogP contribution in [0.25, 0.3) is 0 Å². The lowest BCUT2D eigenvalue weighted by molar-refractivity contribution is -0.125. The van der Waals surface area contributed by atoms with Gasteiger partial charge in [-0.05, 0) is 44.6 Å². The molecule has 0 aromatic heterocycles. The van der Waals surface area contributed by atoms with Crippen molar-refractivity contribution in [1.29, 1.82) is 0 Å². The molecule has 2 unspecified atom stereocenters. The van der Waals surface area contributed by atoms with E-state index in [2.05, 4.69) is 11.8 Å². The largest absolute Gasteiger partial charge is 0.445 e. The number of rotatable bonds is 4. The molecule has 1 aromatic carbocycles. The molecular formula is C21H25NO3. The van der Waals surface area contributed by atoms with Crippen LogP contribution in [0, 0.1) is 17.8 Å². The molecule has 2 aliphatic rings. The SMILES string of the molecule is CC#CCC(=O)C1CC2CCCC(C1)N2C(=O)OCc1ccccc1. The van der Waals surface area contributed by atoms with E-state index >= 15 is 0 Å². The molecule has 132 valence electrons. The normalized spacial score (nSPS) is 24.8. The molecule has 2 fully saturated rings. The van der Waals surface area contributed by atoms with E-state index in [1.54, 1.807) is 6.92 Å². The van der Waals surface area contributed by atoms with Crippen LogP contribution in [0.5, 0.6) is 0 Å². The smallest absolute Gasteiger partial charge is 0.410 e. The second kappa shape index (κ2) is 8.20. The van der Waals surface area contributed by atoms with E-state index in [-0.39, 0.29) is 29.9 Å². The summed E-state index contributed by atoms with van der Waals surface area (Å²) in [7, 11) is 0. The highest BCUT2D eigenvalue weighted by Gasteiger charge is 2.43. The van der Waals surface area contributed by atoms with E-state index in [4.69, 9.17) is 4.74 Å². The summed E-state index contributed by atoms with van der Waals surface area (Å²) in [6.07, 6.45) is 4.63. The van der Waals surface area contributed by atoms with Gasteiger partial charge in [0, 0.05) is 18.0 Å². The highest BCUT2D eigenvalue weighted by atomic mass is 16.6. The predicted octanol–water partition coefficient (Wildman–Crippen LogP) is 3.94. The lowest BCUT2D eigenvalue weighted by Crippen LogP contribution is -2.55. The molecule has 25 heavy (non-hydrogen) atoms. The number of nitrogens with zero attached hydrogens (tertiary/aromatic N) is 1. The van der Waals surface area contributed by atoms with Crippen LogP contribution in [0.1, 0.15) is 51.0 Å². The average Bonchev–Trinajstić information content (AvgIpc) is 2.64. The first-order chi connectivity index (χ1) is 12.2. The van der Waals surface area contributed by atoms with E-state index in [9.17, 15) is 9.59 Å². The standard InChI is InChI=1S/C21H25NO3/c1-2-3-12-20(23)17-13-18-10-7-11-19(14-17)22(18)21(24)25-15-16-8-5-4-6-9-16/h4-6,8-9,17-19H,7,10-15H2,1H3. The molecule has 2 saturated heterocycles. The van der Waals surface area contributed by atoms with Gasteiger partial charge in [-0.25, -0.2) is 4.79 Å². The van der Waals surface area contributed by atoms with Gasteiger partial charge in [-0.1, -0.05) is 36.3 Å². The summed E-state index contributed by atoms with van der Waals surface area (Å²) in [5.74, 6) is 5.93. The zero-order chi connectivity index (χ0) is 17.6. The van der Waals surface area contributed by atoms with Crippen molar-refractivity contribution in [3.05, 3.63) is 35.9 Å². The maximum absolute atomic E-state index is 12.6. The molecule has 0 saturated carbocycles. The van der Waals surface area contributed by atoms with Crippen LogP contribution < -0.4 is 0 Å². The Bertz CT molecular complexity index is 659. The maximum atomic E-state index is 12.6. The highest BCUT2D eigenvalue weighted by Crippen LogP contribution is 2.38. The maximum Gasteiger partial charge on any atom is 0.410 e. The molecule has 2 atom stereocenters. The van der Waals surface area contributed by atoms with Crippen molar-refractivity contribution in [2.45, 2.75) is 64.1 Å². The molecule has 4 nitrogen and oxygen atoms in total. The summed E-state index contributed by atoms with van der Waals surface area (Å²) in [4.78, 5) is 26.9. The molecule has 1 aromatic rings. The van der Waals surface area contributed by atoms with Crippen molar-refractivity contribution in [3.63, 3.8) is 0 Å². The number of carbonyl (C=O) groups is 2. The Morgan fingerprint density at radius 3 is 2.48 bits per heavy atom. The molecule has 0 spiro atoms. The summed E-state index contributed by atoms with van der Waals surface area (Å²) in [5.41, 5.74) is 0.990. The van der Waals surface area contributed by atoms with Gasteiger partial charge in [0.1, 0.15) is 12.4 Å². The van der Waals surface area contributed by atoms with Gasteiger partial charge in [0.25, 0.3) is 0 Å². The molecule has 4 heteroatoms. The van der Waals surface area contributed by atoms with Crippen LogP contribution in [-0.4, -0.2) is 28.9 Å². The van der Waals surface area contributed by atoms with Crippen molar-refractivity contribution < 1.29 is 14.3 Å². The highest BCUT2D eigenvalue weighted by molar-refractivity contribution is 5.83. The number of ether oxygens (including phenoxy) is 1. The first-order valence-corrected chi connectivity index (χ1v) is 9.10. The number of benzene rings is 1. The average molecular weight is 339 g/mol. The van der Waals surface area contributed by atoms with Crippen LogP contribution in [0.15, 0.2) is 30.3 Å². The Labute approximate surface area is 149 Å². The third kappa shape index (κ3) is 4.22. The summed E-state index contributed by atoms with van der Waals surface area (Å²) < 4.78 is 5.54. The zero-order valence-electron chi connectivity index (χ0n) is 14.7. The van der Waals surface area contributed by atoms with Crippen molar-refractivity contribution in [3.8, 4) is 11.8 Å². The fraction of sp³-hybridized carbons (Fsp3) is 0.524. The first kappa shape index (κ1) is 17.5. The molecule has 2 aliphatic heterocycles. The number of carbonyl (C=O) groups excluding carboxylic acids is 2. The summed E-state index contributed by atoms with van der Waals surface area (Å²) >= 11 is 0. The fourth-order valence-electron chi connectivity index (χ4n) is 4.06. The third-order valence-corrected chi connectivity index (χ3v) is 5.29. The van der Waals surface area contributed by atoms with Gasteiger partial charge in [0.2, 0.25) is 0 Å². The molecule has 3 rings (SSSR count). The number of piperidine rings is 2. The van der Waals surface area contributed by atoms with Crippen LogP contribution >= 0.6 is 0 Å². The van der Waals surface area contributed by atoms with Crippen molar-refractivity contribution in [2.24, 2.45) is 5.92 Å². The Kier molecular flexibility index (Phi) is 5.75. The minimum atomic E-state index is -0.238. The summed E-state index contributed by atoms with van der Waals surface area (Å²) in [6.45, 7) is 2.05. The Morgan fingerprint density at radius 2 is 1.84 bits per heavy atom. The predicted molar refractivity (Wildman–Crippen MR) is 95.7 cm³/mol. The second-order valence-corrected chi connectivity index (χ2v) is 6.92. The van der Waals surface area contributed by atoms with E-state index in [1.165, 1.54) is 0 Å². The zero-order valence-corrected chi connectivity index (χ0v) is 14.7. The Hall–Kier alpha value is -2.28. The van der Waals surface area contributed by atoms with Gasteiger partial charge in [-0.3, -0.25) is 4.79 Å². The number of amides is 1. The van der Waals surface area contributed by atoms with Crippen LogP contribution in [0.4, 0.5) is 4.79 Å². The van der Waals surface area contributed by atoms with Crippen molar-refractivity contribution >= 4 is 11.9 Å². The number of ketones is 1. The van der Waals surface area contributed by atoms with E-state index in [0.717, 1.165) is 37.7 Å². The number of hydrogen-bond donors (Lipinski definition) is 0. The third-order valence-electron chi connectivity index (χ3n) is 5.29. The summed E-state index contributed by atoms with van der Waals surface area (Å²) in [5, 5.41) is 0. The lowest BCUT2D eigenvalue weighted by Gasteiger charge is -2.47. The summed E-state index contributed by atoms with van der Waals surface area (Å²) in [6, 6.07) is 9.98. The van der Waals surface area contributed by atoms with E-state index in [1.807, 2.05) is 35.2 Å². The van der Waals surface area contributed by atoms with Gasteiger partial charge in [-0.15, -0.1) is 5.92 Å². The Morgan fingerprint density at radius 1 is 1.16 bits per heavy atom. The minimum Gasteiger partial charge on any atom is -0.445 e. The van der Waals surface area contributed by atoms with Crippen LogP contribution in [0.2, 0.25) is 0 Å². The van der Waals surface area contributed by atoms with Crippen molar-refractivity contribution in [1.82, 2.24) is 4.90 Å². The number of Topliss-reactive ketones (excluding diaryl/α,β-unsaturated/α-hetero) is 1. The molecule has 2 bridgehead atoms. The van der Waals surface area contributed by atoms with Gasteiger partial charge in [0.15, 0.2) is 0 Å². The van der Waals surface area contributed by atoms with Crippen molar-refractivity contribution in [2.75, 3.05) is 0 Å².